The van der Waals surface area contributed by atoms with Crippen molar-refractivity contribution in [1.29, 1.82) is 0 Å². The van der Waals surface area contributed by atoms with Crippen molar-refractivity contribution in [3.63, 3.8) is 0 Å². The summed E-state index contributed by atoms with van der Waals surface area (Å²) >= 11 is 5.14. The summed E-state index contributed by atoms with van der Waals surface area (Å²) in [7, 11) is 0. The van der Waals surface area contributed by atoms with Crippen LogP contribution in [0, 0.1) is 6.92 Å². The number of nitrogens with zero attached hydrogens (tertiary/aromatic N) is 1. The van der Waals surface area contributed by atoms with Gasteiger partial charge in [0.15, 0.2) is 0 Å². The number of morpholine rings is 1. The summed E-state index contributed by atoms with van der Waals surface area (Å²) < 4.78 is 5.47. The Bertz CT molecular complexity index is 548. The standard InChI is InChI=1S/C15H21N3O2S/c1-3-17-15(19)13-9-20-7-6-18(13)12-8-10(2)4-5-11(12)14(16)21/h4-5,8,13H,3,6-7,9H2,1-2H3,(H2,16,21)(H,17,19). The normalized spacial score (nSPS) is 18.4. The van der Waals surface area contributed by atoms with E-state index in [1.54, 1.807) is 0 Å². The SMILES string of the molecule is CCNC(=O)C1COCCN1c1cc(C)ccc1C(N)=S. The van der Waals surface area contributed by atoms with Crippen molar-refractivity contribution >= 4 is 28.8 Å². The van der Waals surface area contributed by atoms with Crippen molar-refractivity contribution in [2.24, 2.45) is 5.73 Å². The Balaban J connectivity index is 2.39. The van der Waals surface area contributed by atoms with Crippen molar-refractivity contribution in [2.45, 2.75) is 19.9 Å². The summed E-state index contributed by atoms with van der Waals surface area (Å²) in [4.78, 5) is 14.6. The topological polar surface area (TPSA) is 67.6 Å². The van der Waals surface area contributed by atoms with Gasteiger partial charge in [0.05, 0.1) is 13.2 Å². The minimum Gasteiger partial charge on any atom is -0.389 e. The van der Waals surface area contributed by atoms with Gasteiger partial charge in [-0.05, 0) is 31.5 Å². The quantitative estimate of drug-likeness (QED) is 0.811. The number of carbonyl (C=O) groups excluding carboxylic acids is 1. The first-order valence-electron chi connectivity index (χ1n) is 7.07. The van der Waals surface area contributed by atoms with Gasteiger partial charge >= 0.3 is 0 Å². The molecule has 0 aromatic heterocycles. The molecule has 1 atom stereocenters. The van der Waals surface area contributed by atoms with E-state index in [-0.39, 0.29) is 11.9 Å². The minimum atomic E-state index is -0.353. The number of likely N-dealkylation sites (N-methyl/N-ethyl adjacent to an activating group) is 1. The van der Waals surface area contributed by atoms with E-state index in [0.29, 0.717) is 31.3 Å². The van der Waals surface area contributed by atoms with E-state index >= 15 is 0 Å². The van der Waals surface area contributed by atoms with E-state index in [1.165, 1.54) is 0 Å². The van der Waals surface area contributed by atoms with Crippen LogP contribution >= 0.6 is 12.2 Å². The van der Waals surface area contributed by atoms with Gasteiger partial charge < -0.3 is 20.7 Å². The number of amides is 1. The third kappa shape index (κ3) is 3.51. The van der Waals surface area contributed by atoms with Gasteiger partial charge in [0.25, 0.3) is 0 Å². The number of hydrogen-bond donors (Lipinski definition) is 2. The Kier molecular flexibility index (Phi) is 5.14. The van der Waals surface area contributed by atoms with Gasteiger partial charge in [-0.2, -0.15) is 0 Å². The zero-order valence-electron chi connectivity index (χ0n) is 12.4. The van der Waals surface area contributed by atoms with Crippen LogP contribution in [0.2, 0.25) is 0 Å². The number of benzene rings is 1. The Hall–Kier alpha value is -1.66. The Labute approximate surface area is 130 Å². The molecule has 2 rings (SSSR count). The Morgan fingerprint density at radius 2 is 2.33 bits per heavy atom. The van der Waals surface area contributed by atoms with Crippen LogP contribution in [0.15, 0.2) is 18.2 Å². The molecule has 1 aliphatic rings. The molecular formula is C15H21N3O2S. The van der Waals surface area contributed by atoms with E-state index in [0.717, 1.165) is 16.8 Å². The molecule has 6 heteroatoms. The third-order valence-electron chi connectivity index (χ3n) is 3.51. The lowest BCUT2D eigenvalue weighted by molar-refractivity contribution is -0.124. The Morgan fingerprint density at radius 1 is 1.57 bits per heavy atom. The summed E-state index contributed by atoms with van der Waals surface area (Å²) in [6.07, 6.45) is 0. The average molecular weight is 307 g/mol. The number of rotatable bonds is 4. The fraction of sp³-hybridized carbons (Fsp3) is 0.467. The molecule has 1 aromatic rings. The summed E-state index contributed by atoms with van der Waals surface area (Å²) in [6, 6.07) is 5.55. The zero-order chi connectivity index (χ0) is 15.4. The number of carbonyl (C=O) groups is 1. The predicted molar refractivity (Wildman–Crippen MR) is 87.7 cm³/mol. The van der Waals surface area contributed by atoms with E-state index in [1.807, 2.05) is 36.9 Å². The van der Waals surface area contributed by atoms with Gasteiger partial charge in [-0.1, -0.05) is 18.3 Å². The van der Waals surface area contributed by atoms with Crippen LogP contribution in [0.1, 0.15) is 18.1 Å². The van der Waals surface area contributed by atoms with Crippen LogP contribution in [0.4, 0.5) is 5.69 Å². The van der Waals surface area contributed by atoms with Crippen LogP contribution in [-0.2, 0) is 9.53 Å². The highest BCUT2D eigenvalue weighted by Crippen LogP contribution is 2.26. The van der Waals surface area contributed by atoms with Gasteiger partial charge in [0.2, 0.25) is 5.91 Å². The molecule has 1 fully saturated rings. The number of nitrogens with one attached hydrogen (secondary N) is 1. The first-order chi connectivity index (χ1) is 10.0. The maximum atomic E-state index is 12.3. The molecule has 0 aliphatic carbocycles. The molecule has 1 amide bonds. The van der Waals surface area contributed by atoms with Crippen LogP contribution in [-0.4, -0.2) is 43.2 Å². The molecular weight excluding hydrogens is 286 g/mol. The third-order valence-corrected chi connectivity index (χ3v) is 3.73. The van der Waals surface area contributed by atoms with Gasteiger partial charge in [0.1, 0.15) is 11.0 Å². The largest absolute Gasteiger partial charge is 0.389 e. The molecule has 0 radical (unpaired) electrons. The maximum absolute atomic E-state index is 12.3. The van der Waals surface area contributed by atoms with Crippen LogP contribution in [0.25, 0.3) is 0 Å². The number of thiocarbonyl (C=S) groups is 1. The minimum absolute atomic E-state index is 0.0346. The van der Waals surface area contributed by atoms with Crippen molar-refractivity contribution in [1.82, 2.24) is 5.32 Å². The van der Waals surface area contributed by atoms with E-state index in [2.05, 4.69) is 5.32 Å². The molecule has 1 heterocycles. The van der Waals surface area contributed by atoms with E-state index in [4.69, 9.17) is 22.7 Å². The second-order valence-electron chi connectivity index (χ2n) is 5.06. The molecule has 114 valence electrons. The monoisotopic (exact) mass is 307 g/mol. The molecule has 0 spiro atoms. The second kappa shape index (κ2) is 6.87. The average Bonchev–Trinajstić information content (AvgIpc) is 2.47. The number of anilines is 1. The van der Waals surface area contributed by atoms with Crippen molar-refractivity contribution in [3.05, 3.63) is 29.3 Å². The van der Waals surface area contributed by atoms with Crippen molar-refractivity contribution in [2.75, 3.05) is 31.2 Å². The number of aryl methyl sites for hydroxylation is 1. The number of ether oxygens (including phenoxy) is 1. The summed E-state index contributed by atoms with van der Waals surface area (Å²) in [6.45, 7) is 6.10. The molecule has 5 nitrogen and oxygen atoms in total. The zero-order valence-corrected chi connectivity index (χ0v) is 13.2. The van der Waals surface area contributed by atoms with Gasteiger partial charge in [0, 0.05) is 24.3 Å². The number of nitrogens with two attached hydrogens (primary N) is 1. The fourth-order valence-electron chi connectivity index (χ4n) is 2.49. The fourth-order valence-corrected chi connectivity index (χ4v) is 2.66. The predicted octanol–water partition coefficient (Wildman–Crippen LogP) is 0.971. The molecule has 3 N–H and O–H groups in total. The van der Waals surface area contributed by atoms with Crippen molar-refractivity contribution < 1.29 is 9.53 Å². The lowest BCUT2D eigenvalue weighted by Gasteiger charge is -2.37. The first-order valence-corrected chi connectivity index (χ1v) is 7.48. The van der Waals surface area contributed by atoms with Crippen LogP contribution in [0.3, 0.4) is 0 Å². The number of hydrogen-bond acceptors (Lipinski definition) is 4. The van der Waals surface area contributed by atoms with E-state index in [9.17, 15) is 4.79 Å². The molecule has 1 saturated heterocycles. The highest BCUT2D eigenvalue weighted by molar-refractivity contribution is 7.80. The molecule has 21 heavy (non-hydrogen) atoms. The second-order valence-corrected chi connectivity index (χ2v) is 5.50. The Morgan fingerprint density at radius 3 is 3.00 bits per heavy atom. The maximum Gasteiger partial charge on any atom is 0.245 e. The summed E-state index contributed by atoms with van der Waals surface area (Å²) in [5, 5.41) is 2.85. The highest BCUT2D eigenvalue weighted by atomic mass is 32.1. The van der Waals surface area contributed by atoms with Gasteiger partial charge in [-0.15, -0.1) is 0 Å². The molecule has 1 aliphatic heterocycles. The molecule has 0 saturated carbocycles. The van der Waals surface area contributed by atoms with Crippen LogP contribution in [0.5, 0.6) is 0 Å². The highest BCUT2D eigenvalue weighted by Gasteiger charge is 2.30. The lowest BCUT2D eigenvalue weighted by Crippen LogP contribution is -2.54. The van der Waals surface area contributed by atoms with Gasteiger partial charge in [-0.25, -0.2) is 0 Å². The van der Waals surface area contributed by atoms with Crippen molar-refractivity contribution in [3.8, 4) is 0 Å². The summed E-state index contributed by atoms with van der Waals surface area (Å²) in [5.41, 5.74) is 8.63. The smallest absolute Gasteiger partial charge is 0.245 e. The summed E-state index contributed by atoms with van der Waals surface area (Å²) in [5.74, 6) is -0.0346. The molecule has 1 aromatic carbocycles. The first kappa shape index (κ1) is 15.7. The van der Waals surface area contributed by atoms with Gasteiger partial charge in [-0.3, -0.25) is 4.79 Å². The van der Waals surface area contributed by atoms with E-state index < -0.39 is 0 Å². The lowest BCUT2D eigenvalue weighted by atomic mass is 10.1. The molecule has 0 bridgehead atoms. The molecule has 1 unspecified atom stereocenters. The van der Waals surface area contributed by atoms with Crippen LogP contribution < -0.4 is 16.0 Å².